The maximum absolute atomic E-state index is 13.0. The molecule has 0 bridgehead atoms. The first-order valence-corrected chi connectivity index (χ1v) is 30.2. The van der Waals surface area contributed by atoms with Crippen molar-refractivity contribution in [3.63, 3.8) is 0 Å². The molecule has 1 heterocycles. The summed E-state index contributed by atoms with van der Waals surface area (Å²) in [5.74, 6) is -0.178. The van der Waals surface area contributed by atoms with Crippen LogP contribution in [0.2, 0.25) is 0 Å². The molecule has 9 nitrogen and oxygen atoms in total. The van der Waals surface area contributed by atoms with E-state index in [0.717, 1.165) is 70.6 Å². The van der Waals surface area contributed by atoms with E-state index in [9.17, 15) is 30.3 Å². The Morgan fingerprint density at radius 1 is 0.486 bits per heavy atom. The average Bonchev–Trinajstić information content (AvgIpc) is 3.38. The molecule has 1 amide bonds. The molecule has 1 fully saturated rings. The number of aliphatic hydroxyl groups excluding tert-OH is 5. The van der Waals surface area contributed by atoms with Gasteiger partial charge in [0, 0.05) is 6.42 Å². The van der Waals surface area contributed by atoms with Crippen molar-refractivity contribution in [3.8, 4) is 0 Å². The molecule has 418 valence electrons. The van der Waals surface area contributed by atoms with Gasteiger partial charge in [-0.15, -0.1) is 0 Å². The average molecular weight is 1010 g/mol. The van der Waals surface area contributed by atoms with Gasteiger partial charge in [0.25, 0.3) is 0 Å². The van der Waals surface area contributed by atoms with Crippen molar-refractivity contribution in [3.05, 3.63) is 72.9 Å². The molecule has 0 aromatic heterocycles. The van der Waals surface area contributed by atoms with Crippen LogP contribution < -0.4 is 5.32 Å². The fourth-order valence-corrected chi connectivity index (χ4v) is 9.30. The lowest BCUT2D eigenvalue weighted by molar-refractivity contribution is -0.302. The van der Waals surface area contributed by atoms with Gasteiger partial charge >= 0.3 is 0 Å². The van der Waals surface area contributed by atoms with Crippen LogP contribution in [-0.4, -0.2) is 87.5 Å². The van der Waals surface area contributed by atoms with E-state index in [-0.39, 0.29) is 12.5 Å². The highest BCUT2D eigenvalue weighted by atomic mass is 16.7. The van der Waals surface area contributed by atoms with E-state index in [0.29, 0.717) is 6.42 Å². The standard InChI is InChI=1S/C63H113NO8/c1-3-5-7-9-11-13-14-15-16-17-18-19-20-21-22-23-24-25-26-27-28-29-30-31-32-33-34-35-36-37-38-39-40-41-42-43-44-45-47-49-51-53-59(67)64-56(57(66)52-50-48-46-12-10-8-6-4-2)55-71-63-62(70)61(69)60(68)58(54-65)72-63/h5,7,11,13,15-16,18-19,21-22,50,52,56-58,60-63,65-66,68-70H,3-4,6,8-10,12,14,17,20,23-49,51,53-55H2,1-2H3,(H,64,67)/b7-5-,13-11-,16-15-,19-18-,22-21-,52-50+. The fourth-order valence-electron chi connectivity index (χ4n) is 9.30. The number of unbranched alkanes of at least 4 members (excludes halogenated alkanes) is 31. The van der Waals surface area contributed by atoms with Crippen LogP contribution in [0.1, 0.15) is 264 Å². The third kappa shape index (κ3) is 40.9. The third-order valence-electron chi connectivity index (χ3n) is 14.0. The molecule has 1 aliphatic rings. The number of allylic oxidation sites excluding steroid dienone is 11. The lowest BCUT2D eigenvalue weighted by atomic mass is 9.99. The van der Waals surface area contributed by atoms with Gasteiger partial charge in [0.15, 0.2) is 6.29 Å². The number of aliphatic hydroxyl groups is 5. The summed E-state index contributed by atoms with van der Waals surface area (Å²) in [6, 6.07) is -0.802. The zero-order valence-electron chi connectivity index (χ0n) is 46.4. The summed E-state index contributed by atoms with van der Waals surface area (Å²) in [5.41, 5.74) is 0. The molecule has 72 heavy (non-hydrogen) atoms. The zero-order chi connectivity index (χ0) is 52.2. The Balaban J connectivity index is 1.97. The quantitative estimate of drug-likeness (QED) is 0.0261. The number of hydrogen-bond donors (Lipinski definition) is 6. The molecule has 0 radical (unpaired) electrons. The largest absolute Gasteiger partial charge is 0.394 e. The summed E-state index contributed by atoms with van der Waals surface area (Å²) < 4.78 is 11.2. The zero-order valence-corrected chi connectivity index (χ0v) is 46.4. The molecule has 9 heteroatoms. The normalized spacial score (nSPS) is 19.7. The van der Waals surface area contributed by atoms with Crippen molar-refractivity contribution in [2.24, 2.45) is 0 Å². The Morgan fingerprint density at radius 3 is 1.28 bits per heavy atom. The highest BCUT2D eigenvalue weighted by molar-refractivity contribution is 5.76. The topological polar surface area (TPSA) is 149 Å². The van der Waals surface area contributed by atoms with E-state index in [1.807, 2.05) is 6.08 Å². The molecule has 0 saturated carbocycles. The lowest BCUT2D eigenvalue weighted by Crippen LogP contribution is -2.60. The minimum absolute atomic E-state index is 0.178. The lowest BCUT2D eigenvalue weighted by Gasteiger charge is -2.40. The first kappa shape index (κ1) is 67.6. The highest BCUT2D eigenvalue weighted by Gasteiger charge is 2.44. The van der Waals surface area contributed by atoms with Crippen molar-refractivity contribution >= 4 is 5.91 Å². The second-order valence-electron chi connectivity index (χ2n) is 20.8. The number of amides is 1. The van der Waals surface area contributed by atoms with Gasteiger partial charge in [0.1, 0.15) is 24.4 Å². The summed E-state index contributed by atoms with van der Waals surface area (Å²) in [6.45, 7) is 3.62. The van der Waals surface area contributed by atoms with E-state index in [1.54, 1.807) is 6.08 Å². The Kier molecular flexibility index (Phi) is 48.9. The maximum atomic E-state index is 13.0. The predicted octanol–water partition coefficient (Wildman–Crippen LogP) is 15.2. The molecular weight excluding hydrogens is 899 g/mol. The molecule has 1 rings (SSSR count). The van der Waals surface area contributed by atoms with Gasteiger partial charge < -0.3 is 40.3 Å². The molecule has 0 spiro atoms. The first-order valence-electron chi connectivity index (χ1n) is 30.2. The van der Waals surface area contributed by atoms with Gasteiger partial charge in [-0.25, -0.2) is 0 Å². The fraction of sp³-hybridized carbons (Fsp3) is 0.794. The summed E-state index contributed by atoms with van der Waals surface area (Å²) in [7, 11) is 0. The first-order chi connectivity index (χ1) is 35.3. The number of carbonyl (C=O) groups excluding carboxylic acids is 1. The minimum Gasteiger partial charge on any atom is -0.394 e. The maximum Gasteiger partial charge on any atom is 0.220 e. The van der Waals surface area contributed by atoms with Gasteiger partial charge in [0.05, 0.1) is 25.4 Å². The molecular formula is C63H113NO8. The Morgan fingerprint density at radius 2 is 0.861 bits per heavy atom. The molecule has 0 aromatic rings. The number of hydrogen-bond acceptors (Lipinski definition) is 8. The van der Waals surface area contributed by atoms with Gasteiger partial charge in [-0.3, -0.25) is 4.79 Å². The van der Waals surface area contributed by atoms with E-state index in [2.05, 4.69) is 79.9 Å². The van der Waals surface area contributed by atoms with E-state index >= 15 is 0 Å². The van der Waals surface area contributed by atoms with Crippen LogP contribution in [0.25, 0.3) is 0 Å². The van der Waals surface area contributed by atoms with Crippen LogP contribution in [0, 0.1) is 0 Å². The van der Waals surface area contributed by atoms with E-state index < -0.39 is 49.5 Å². The highest BCUT2D eigenvalue weighted by Crippen LogP contribution is 2.23. The van der Waals surface area contributed by atoms with Gasteiger partial charge in [-0.2, -0.15) is 0 Å². The SMILES string of the molecule is CC/C=C\C/C=C\C/C=C\C/C=C\C/C=C\CCCCCCCCCCCCCCCCCCCCCCCCCCCC(=O)NC(COC1OC(CO)C(O)C(O)C1O)C(O)/C=C/CCCCCCCC. The second kappa shape index (κ2) is 52.1. The van der Waals surface area contributed by atoms with Crippen molar-refractivity contribution in [1.82, 2.24) is 5.32 Å². The Labute approximate surface area is 442 Å². The van der Waals surface area contributed by atoms with Gasteiger partial charge in [-0.05, 0) is 64.2 Å². The van der Waals surface area contributed by atoms with E-state index in [1.165, 1.54) is 173 Å². The predicted molar refractivity (Wildman–Crippen MR) is 304 cm³/mol. The van der Waals surface area contributed by atoms with Crippen LogP contribution in [0.15, 0.2) is 72.9 Å². The van der Waals surface area contributed by atoms with Crippen LogP contribution in [0.5, 0.6) is 0 Å². The number of ether oxygens (including phenoxy) is 2. The summed E-state index contributed by atoms with van der Waals surface area (Å²) in [4.78, 5) is 13.0. The monoisotopic (exact) mass is 1010 g/mol. The van der Waals surface area contributed by atoms with Gasteiger partial charge in [-0.1, -0.05) is 267 Å². The molecule has 6 N–H and O–H groups in total. The number of rotatable bonds is 51. The van der Waals surface area contributed by atoms with Crippen LogP contribution in [0.4, 0.5) is 0 Å². The van der Waals surface area contributed by atoms with Crippen molar-refractivity contribution in [2.45, 2.75) is 307 Å². The molecule has 1 aliphatic heterocycles. The van der Waals surface area contributed by atoms with Gasteiger partial charge in [0.2, 0.25) is 5.91 Å². The smallest absolute Gasteiger partial charge is 0.220 e. The number of nitrogens with one attached hydrogen (secondary N) is 1. The third-order valence-corrected chi connectivity index (χ3v) is 14.0. The van der Waals surface area contributed by atoms with Crippen molar-refractivity contribution in [2.75, 3.05) is 13.2 Å². The summed E-state index contributed by atoms with van der Waals surface area (Å²) in [5, 5.41) is 54.1. The Bertz CT molecular complexity index is 1360. The Hall–Kier alpha value is -2.37. The molecule has 7 unspecified atom stereocenters. The minimum atomic E-state index is -1.56. The molecule has 1 saturated heterocycles. The molecule has 7 atom stereocenters. The van der Waals surface area contributed by atoms with Crippen molar-refractivity contribution < 1.29 is 39.8 Å². The summed E-state index contributed by atoms with van der Waals surface area (Å²) >= 11 is 0. The van der Waals surface area contributed by atoms with Crippen LogP contribution in [0.3, 0.4) is 0 Å². The van der Waals surface area contributed by atoms with E-state index in [4.69, 9.17) is 9.47 Å². The molecule has 0 aromatic carbocycles. The second-order valence-corrected chi connectivity index (χ2v) is 20.8. The van der Waals surface area contributed by atoms with Crippen LogP contribution >= 0.6 is 0 Å². The summed E-state index contributed by atoms with van der Waals surface area (Å²) in [6.07, 6.45) is 66.0. The van der Waals surface area contributed by atoms with Crippen LogP contribution in [-0.2, 0) is 14.3 Å². The molecule has 0 aliphatic carbocycles. The number of carbonyl (C=O) groups is 1. The van der Waals surface area contributed by atoms with Crippen molar-refractivity contribution in [1.29, 1.82) is 0 Å².